The third-order valence-corrected chi connectivity index (χ3v) is 5.44. The summed E-state index contributed by atoms with van der Waals surface area (Å²) in [5.74, 6) is -0.500. The second-order valence-electron chi connectivity index (χ2n) is 7.48. The van der Waals surface area contributed by atoms with Gasteiger partial charge in [-0.2, -0.15) is 0 Å². The van der Waals surface area contributed by atoms with E-state index in [1.165, 1.54) is 0 Å². The van der Waals surface area contributed by atoms with Gasteiger partial charge in [-0.3, -0.25) is 4.79 Å². The molecule has 1 atom stereocenters. The van der Waals surface area contributed by atoms with Crippen LogP contribution in [0.15, 0.2) is 40.9 Å². The zero-order chi connectivity index (χ0) is 20.5. The number of nitrogens with zero attached hydrogens (tertiary/aromatic N) is 3. The van der Waals surface area contributed by atoms with Crippen LogP contribution in [-0.2, 0) is 9.53 Å². The van der Waals surface area contributed by atoms with Gasteiger partial charge in [-0.05, 0) is 38.3 Å². The Balaban J connectivity index is 1.48. The van der Waals surface area contributed by atoms with Crippen LogP contribution in [0.2, 0.25) is 0 Å². The topological polar surface area (TPSA) is 85.5 Å². The van der Waals surface area contributed by atoms with Crippen molar-refractivity contribution in [3.8, 4) is 0 Å². The monoisotopic (exact) mass is 393 g/mol. The van der Waals surface area contributed by atoms with E-state index in [1.54, 1.807) is 24.9 Å². The molecule has 0 radical (unpaired) electrons. The number of carbonyl (C=O) groups excluding carboxylic acids is 2. The quantitative estimate of drug-likeness (QED) is 0.593. The Morgan fingerprint density at radius 2 is 2.00 bits per heavy atom. The molecule has 1 aliphatic carbocycles. The van der Waals surface area contributed by atoms with Crippen molar-refractivity contribution >= 4 is 23.0 Å². The van der Waals surface area contributed by atoms with Gasteiger partial charge in [0.1, 0.15) is 0 Å². The first-order valence-electron chi connectivity index (χ1n) is 9.70. The second-order valence-corrected chi connectivity index (χ2v) is 7.48. The molecular weight excluding hydrogens is 370 g/mol. The van der Waals surface area contributed by atoms with Crippen LogP contribution in [-0.4, -0.2) is 40.6 Å². The molecule has 150 valence electrons. The molecular formula is C22H23N3O4. The fourth-order valence-electron chi connectivity index (χ4n) is 3.34. The molecule has 1 saturated carbocycles. The van der Waals surface area contributed by atoms with Gasteiger partial charge in [0.15, 0.2) is 6.61 Å². The summed E-state index contributed by atoms with van der Waals surface area (Å²) < 4.78 is 10.6. The Hall–Kier alpha value is -3.22. The molecule has 1 aliphatic rings. The zero-order valence-electron chi connectivity index (χ0n) is 16.7. The molecule has 1 fully saturated rings. The van der Waals surface area contributed by atoms with E-state index in [9.17, 15) is 9.59 Å². The normalized spacial score (nSPS) is 14.6. The van der Waals surface area contributed by atoms with Gasteiger partial charge in [0.2, 0.25) is 0 Å². The summed E-state index contributed by atoms with van der Waals surface area (Å²) >= 11 is 0. The summed E-state index contributed by atoms with van der Waals surface area (Å²) in [6.45, 7) is 3.35. The van der Waals surface area contributed by atoms with Crippen LogP contribution in [0, 0.1) is 6.92 Å². The summed E-state index contributed by atoms with van der Waals surface area (Å²) in [5, 5.41) is 4.46. The molecule has 7 heteroatoms. The van der Waals surface area contributed by atoms with Crippen molar-refractivity contribution in [3.05, 3.63) is 58.9 Å². The number of aromatic nitrogens is 2. The van der Waals surface area contributed by atoms with Crippen molar-refractivity contribution in [1.82, 2.24) is 15.0 Å². The van der Waals surface area contributed by atoms with Gasteiger partial charge < -0.3 is 14.2 Å². The molecule has 29 heavy (non-hydrogen) atoms. The lowest BCUT2D eigenvalue weighted by molar-refractivity contribution is -0.135. The van der Waals surface area contributed by atoms with Crippen molar-refractivity contribution in [2.45, 2.75) is 38.6 Å². The average Bonchev–Trinajstić information content (AvgIpc) is 3.54. The SMILES string of the molecule is Cc1noc2nc(C3CC3)cc(C(=O)OCC(=O)N(C)C(C)c3ccccc3)c12. The van der Waals surface area contributed by atoms with Crippen molar-refractivity contribution in [3.63, 3.8) is 0 Å². The fourth-order valence-corrected chi connectivity index (χ4v) is 3.34. The highest BCUT2D eigenvalue weighted by atomic mass is 16.5. The summed E-state index contributed by atoms with van der Waals surface area (Å²) in [7, 11) is 1.70. The summed E-state index contributed by atoms with van der Waals surface area (Å²) in [4.78, 5) is 31.4. The van der Waals surface area contributed by atoms with E-state index in [0.29, 0.717) is 28.3 Å². The molecule has 7 nitrogen and oxygen atoms in total. The molecule has 2 heterocycles. The maximum absolute atomic E-state index is 12.8. The number of amides is 1. The first kappa shape index (κ1) is 19.1. The van der Waals surface area contributed by atoms with Gasteiger partial charge in [0, 0.05) is 18.7 Å². The molecule has 0 saturated heterocycles. The van der Waals surface area contributed by atoms with E-state index in [2.05, 4.69) is 10.1 Å². The highest BCUT2D eigenvalue weighted by Crippen LogP contribution is 2.40. The van der Waals surface area contributed by atoms with Crippen LogP contribution in [0.4, 0.5) is 0 Å². The predicted molar refractivity (Wildman–Crippen MR) is 106 cm³/mol. The minimum atomic E-state index is -0.570. The van der Waals surface area contributed by atoms with E-state index < -0.39 is 5.97 Å². The number of hydrogen-bond acceptors (Lipinski definition) is 6. The van der Waals surface area contributed by atoms with E-state index in [0.717, 1.165) is 24.1 Å². The molecule has 1 unspecified atom stereocenters. The number of carbonyl (C=O) groups is 2. The third-order valence-electron chi connectivity index (χ3n) is 5.44. The van der Waals surface area contributed by atoms with Crippen molar-refractivity contribution in [2.24, 2.45) is 0 Å². The van der Waals surface area contributed by atoms with Crippen molar-refractivity contribution < 1.29 is 18.8 Å². The van der Waals surface area contributed by atoms with Gasteiger partial charge in [0.25, 0.3) is 11.6 Å². The third kappa shape index (κ3) is 3.85. The van der Waals surface area contributed by atoms with Crippen LogP contribution in [0.1, 0.15) is 59.0 Å². The van der Waals surface area contributed by atoms with Crippen molar-refractivity contribution in [2.75, 3.05) is 13.7 Å². The Labute approximate surface area is 168 Å². The summed E-state index contributed by atoms with van der Waals surface area (Å²) in [6.07, 6.45) is 2.08. The number of rotatable bonds is 6. The second kappa shape index (κ2) is 7.66. The molecule has 0 spiro atoms. The van der Waals surface area contributed by atoms with E-state index in [4.69, 9.17) is 9.26 Å². The number of fused-ring (bicyclic) bond motifs is 1. The standard InChI is InChI=1S/C22H23N3O4/c1-13-20-17(11-18(16-9-10-16)23-21(20)29-24-13)22(27)28-12-19(26)25(3)14(2)15-7-5-4-6-8-15/h4-8,11,14,16H,9-10,12H2,1-3H3. The number of likely N-dealkylation sites (N-methyl/N-ethyl adjacent to an activating group) is 1. The van der Waals surface area contributed by atoms with Crippen molar-refractivity contribution in [1.29, 1.82) is 0 Å². The van der Waals surface area contributed by atoms with Gasteiger partial charge in [-0.25, -0.2) is 9.78 Å². The van der Waals surface area contributed by atoms with Crippen LogP contribution >= 0.6 is 0 Å². The molecule has 0 aliphatic heterocycles. The van der Waals surface area contributed by atoms with Crippen LogP contribution in [0.25, 0.3) is 11.1 Å². The average molecular weight is 393 g/mol. The molecule has 1 aromatic carbocycles. The Morgan fingerprint density at radius 3 is 2.69 bits per heavy atom. The number of ether oxygens (including phenoxy) is 1. The van der Waals surface area contributed by atoms with Crippen LogP contribution < -0.4 is 0 Å². The smallest absolute Gasteiger partial charge is 0.339 e. The molecule has 2 aromatic heterocycles. The largest absolute Gasteiger partial charge is 0.452 e. The van der Waals surface area contributed by atoms with E-state index in [-0.39, 0.29) is 18.6 Å². The lowest BCUT2D eigenvalue weighted by atomic mass is 10.1. The Morgan fingerprint density at radius 1 is 1.28 bits per heavy atom. The number of pyridine rings is 1. The minimum Gasteiger partial charge on any atom is -0.452 e. The molecule has 0 bridgehead atoms. The zero-order valence-corrected chi connectivity index (χ0v) is 16.7. The van der Waals surface area contributed by atoms with Gasteiger partial charge in [-0.15, -0.1) is 0 Å². The highest BCUT2D eigenvalue weighted by Gasteiger charge is 2.29. The lowest BCUT2D eigenvalue weighted by Gasteiger charge is -2.25. The number of benzene rings is 1. The summed E-state index contributed by atoms with van der Waals surface area (Å²) in [5.41, 5.74) is 3.08. The van der Waals surface area contributed by atoms with E-state index in [1.807, 2.05) is 37.3 Å². The summed E-state index contributed by atoms with van der Waals surface area (Å²) in [6, 6.07) is 11.3. The number of aryl methyl sites for hydroxylation is 1. The van der Waals surface area contributed by atoms with Gasteiger partial charge >= 0.3 is 5.97 Å². The number of hydrogen-bond donors (Lipinski definition) is 0. The Bertz CT molecular complexity index is 1060. The molecule has 1 amide bonds. The van der Waals surface area contributed by atoms with Gasteiger partial charge in [0.05, 0.1) is 22.7 Å². The predicted octanol–water partition coefficient (Wildman–Crippen LogP) is 3.79. The van der Waals surface area contributed by atoms with E-state index >= 15 is 0 Å². The number of esters is 1. The van der Waals surface area contributed by atoms with Gasteiger partial charge in [-0.1, -0.05) is 35.5 Å². The lowest BCUT2D eigenvalue weighted by Crippen LogP contribution is -2.33. The van der Waals surface area contributed by atoms with Crippen LogP contribution in [0.3, 0.4) is 0 Å². The molecule has 3 aromatic rings. The maximum Gasteiger partial charge on any atom is 0.339 e. The first-order valence-corrected chi connectivity index (χ1v) is 9.70. The molecule has 4 rings (SSSR count). The van der Waals surface area contributed by atoms with Crippen LogP contribution in [0.5, 0.6) is 0 Å². The highest BCUT2D eigenvalue weighted by molar-refractivity contribution is 6.03. The first-order chi connectivity index (χ1) is 14.0. The fraction of sp³-hybridized carbons (Fsp3) is 0.364. The Kier molecular flexibility index (Phi) is 5.05. The maximum atomic E-state index is 12.8. The minimum absolute atomic E-state index is 0.128. The molecule has 0 N–H and O–H groups in total.